The molecule has 0 radical (unpaired) electrons. The molecule has 0 amide bonds. The Morgan fingerprint density at radius 1 is 0.654 bits per heavy atom. The second-order valence-corrected chi connectivity index (χ2v) is 5.63. The summed E-state index contributed by atoms with van der Waals surface area (Å²) in [4.78, 5) is 0. The fourth-order valence-corrected chi connectivity index (χ4v) is 2.22. The van der Waals surface area contributed by atoms with Gasteiger partial charge in [0, 0.05) is 11.1 Å². The fourth-order valence-electron chi connectivity index (χ4n) is 2.22. The minimum absolute atomic E-state index is 0. The zero-order valence-electron chi connectivity index (χ0n) is 14.1. The summed E-state index contributed by atoms with van der Waals surface area (Å²) in [5.74, 6) is 1.68. The molecule has 2 rings (SSSR count). The van der Waals surface area contributed by atoms with Gasteiger partial charge in [-0.25, -0.2) is 0 Å². The molecule has 0 saturated heterocycles. The quantitative estimate of drug-likeness (QED) is 0.224. The van der Waals surface area contributed by atoms with Crippen molar-refractivity contribution in [2.45, 2.75) is 19.3 Å². The van der Waals surface area contributed by atoms with Gasteiger partial charge in [0.2, 0.25) is 0 Å². The Morgan fingerprint density at radius 2 is 1.00 bits per heavy atom. The Bertz CT molecular complexity index is 641. The predicted molar refractivity (Wildman–Crippen MR) is 107 cm³/mol. The van der Waals surface area contributed by atoms with Gasteiger partial charge in [0.05, 0.1) is 13.2 Å². The van der Waals surface area contributed by atoms with E-state index in [2.05, 4.69) is 0 Å². The first-order valence-electron chi connectivity index (χ1n) is 8.21. The third kappa shape index (κ3) is 7.47. The normalized spacial score (nSPS) is 9.85. The minimum atomic E-state index is 0. The Hall–Kier alpha value is -2.02. The van der Waals surface area contributed by atoms with Crippen LogP contribution in [0.3, 0.4) is 0 Å². The van der Waals surface area contributed by atoms with E-state index in [0.29, 0.717) is 24.3 Å². The van der Waals surface area contributed by atoms with Gasteiger partial charge in [0.25, 0.3) is 0 Å². The molecule has 0 aliphatic heterocycles. The van der Waals surface area contributed by atoms with Crippen LogP contribution in [-0.4, -0.2) is 54.4 Å². The molecular formula is C19H25N4NaO2. The summed E-state index contributed by atoms with van der Waals surface area (Å²) in [7, 11) is 0. The van der Waals surface area contributed by atoms with Crippen LogP contribution >= 0.6 is 0 Å². The Morgan fingerprint density at radius 3 is 1.31 bits per heavy atom. The summed E-state index contributed by atoms with van der Waals surface area (Å²) in [5, 5.41) is 14.7. The molecule has 0 saturated carbocycles. The number of nitrogen functional groups attached to an aromatic ring is 2. The van der Waals surface area contributed by atoms with Crippen molar-refractivity contribution in [2.75, 3.05) is 13.2 Å². The first kappa shape index (κ1) is 22.0. The van der Waals surface area contributed by atoms with E-state index in [1.807, 2.05) is 24.3 Å². The van der Waals surface area contributed by atoms with Crippen molar-refractivity contribution in [1.82, 2.24) is 0 Å². The zero-order valence-corrected chi connectivity index (χ0v) is 14.1. The van der Waals surface area contributed by atoms with Crippen molar-refractivity contribution in [2.24, 2.45) is 11.5 Å². The van der Waals surface area contributed by atoms with Crippen molar-refractivity contribution in [3.63, 3.8) is 0 Å². The van der Waals surface area contributed by atoms with Crippen molar-refractivity contribution in [3.05, 3.63) is 59.7 Å². The molecule has 2 aromatic carbocycles. The number of hydrogen-bond donors (Lipinski definition) is 4. The molecule has 134 valence electrons. The van der Waals surface area contributed by atoms with E-state index >= 15 is 0 Å². The average molecular weight is 364 g/mol. The Balaban J connectivity index is 0.00000338. The molecule has 6 nitrogen and oxygen atoms in total. The van der Waals surface area contributed by atoms with Gasteiger partial charge in [-0.3, -0.25) is 10.8 Å². The number of ether oxygens (including phenoxy) is 2. The van der Waals surface area contributed by atoms with Crippen LogP contribution in [0.1, 0.15) is 30.4 Å². The molecule has 0 atom stereocenters. The van der Waals surface area contributed by atoms with Gasteiger partial charge in [-0.15, -0.1) is 0 Å². The zero-order chi connectivity index (χ0) is 18.1. The monoisotopic (exact) mass is 364 g/mol. The molecule has 2 aromatic rings. The van der Waals surface area contributed by atoms with Crippen LogP contribution < -0.4 is 20.9 Å². The summed E-state index contributed by atoms with van der Waals surface area (Å²) >= 11 is 0. The van der Waals surface area contributed by atoms with E-state index in [1.165, 1.54) is 0 Å². The van der Waals surface area contributed by atoms with Crippen molar-refractivity contribution >= 4 is 41.2 Å². The second-order valence-electron chi connectivity index (χ2n) is 5.63. The van der Waals surface area contributed by atoms with E-state index in [0.717, 1.165) is 30.8 Å². The van der Waals surface area contributed by atoms with Gasteiger partial charge in [-0.05, 0) is 67.8 Å². The maximum absolute atomic E-state index is 7.34. The molecule has 0 bridgehead atoms. The SMILES string of the molecule is N=C(N)c1ccc(OCCCCCOc2ccc(C(=N)N)cc2)cc1.[NaH]. The van der Waals surface area contributed by atoms with E-state index in [9.17, 15) is 0 Å². The molecule has 0 aromatic heterocycles. The van der Waals surface area contributed by atoms with Gasteiger partial charge in [-0.1, -0.05) is 0 Å². The molecule has 0 spiro atoms. The number of nitrogens with two attached hydrogens (primary N) is 2. The van der Waals surface area contributed by atoms with Crippen LogP contribution in [-0.2, 0) is 0 Å². The number of hydrogen-bond acceptors (Lipinski definition) is 4. The van der Waals surface area contributed by atoms with Crippen LogP contribution in [0.25, 0.3) is 0 Å². The maximum atomic E-state index is 7.34. The van der Waals surface area contributed by atoms with Gasteiger partial charge in [0.1, 0.15) is 23.2 Å². The number of nitrogens with one attached hydrogen (secondary N) is 2. The van der Waals surface area contributed by atoms with Crippen LogP contribution in [0.5, 0.6) is 11.5 Å². The van der Waals surface area contributed by atoms with Gasteiger partial charge in [-0.2, -0.15) is 0 Å². The van der Waals surface area contributed by atoms with Crippen LogP contribution in [0.15, 0.2) is 48.5 Å². The standard InChI is InChI=1S/C19H24N4O2.Na.H/c20-18(21)14-4-8-16(9-5-14)24-12-2-1-3-13-25-17-10-6-15(7-11-17)19(22)23;;/h4-11H,1-3,12-13H2,(H3,20,21)(H3,22,23);;. The first-order chi connectivity index (χ1) is 12.1. The van der Waals surface area contributed by atoms with E-state index in [4.69, 9.17) is 31.8 Å². The molecule has 26 heavy (non-hydrogen) atoms. The van der Waals surface area contributed by atoms with Crippen LogP contribution in [0.2, 0.25) is 0 Å². The predicted octanol–water partition coefficient (Wildman–Crippen LogP) is 2.23. The molecule has 0 heterocycles. The number of unbranched alkanes of at least 4 members (excludes halogenated alkanes) is 2. The van der Waals surface area contributed by atoms with Gasteiger partial charge < -0.3 is 20.9 Å². The molecule has 0 aliphatic carbocycles. The molecular weight excluding hydrogens is 339 g/mol. The fraction of sp³-hybridized carbons (Fsp3) is 0.263. The summed E-state index contributed by atoms with van der Waals surface area (Å²) in [6, 6.07) is 14.4. The summed E-state index contributed by atoms with van der Waals surface area (Å²) in [6.45, 7) is 1.29. The topological polar surface area (TPSA) is 118 Å². The second kappa shape index (κ2) is 11.6. The molecule has 0 unspecified atom stereocenters. The summed E-state index contributed by atoms with van der Waals surface area (Å²) in [5.41, 5.74) is 12.2. The van der Waals surface area contributed by atoms with Crippen LogP contribution in [0, 0.1) is 10.8 Å². The van der Waals surface area contributed by atoms with Crippen LogP contribution in [0.4, 0.5) is 0 Å². The van der Waals surface area contributed by atoms with Crippen molar-refractivity contribution in [3.8, 4) is 11.5 Å². The summed E-state index contributed by atoms with van der Waals surface area (Å²) < 4.78 is 11.3. The Kier molecular flexibility index (Phi) is 9.80. The molecule has 7 heteroatoms. The van der Waals surface area contributed by atoms with E-state index < -0.39 is 0 Å². The van der Waals surface area contributed by atoms with Gasteiger partial charge >= 0.3 is 29.6 Å². The first-order valence-corrected chi connectivity index (χ1v) is 8.21. The van der Waals surface area contributed by atoms with E-state index in [1.54, 1.807) is 24.3 Å². The molecule has 0 fully saturated rings. The molecule has 0 aliphatic rings. The summed E-state index contributed by atoms with van der Waals surface area (Å²) in [6.07, 6.45) is 2.90. The molecule has 6 N–H and O–H groups in total. The Labute approximate surface area is 176 Å². The van der Waals surface area contributed by atoms with E-state index in [-0.39, 0.29) is 41.2 Å². The third-order valence-electron chi connectivity index (χ3n) is 3.66. The number of rotatable bonds is 10. The van der Waals surface area contributed by atoms with Crippen molar-refractivity contribution in [1.29, 1.82) is 10.8 Å². The van der Waals surface area contributed by atoms with Gasteiger partial charge in [0.15, 0.2) is 0 Å². The third-order valence-corrected chi connectivity index (χ3v) is 3.66. The number of amidine groups is 2. The average Bonchev–Trinajstić information content (AvgIpc) is 2.61. The number of benzene rings is 2. The van der Waals surface area contributed by atoms with Crippen molar-refractivity contribution < 1.29 is 9.47 Å².